The van der Waals surface area contributed by atoms with E-state index in [0.717, 1.165) is 34.6 Å². The summed E-state index contributed by atoms with van der Waals surface area (Å²) in [6.07, 6.45) is 4.24. The molecule has 0 amide bonds. The quantitative estimate of drug-likeness (QED) is 0.908. The molecule has 2 aromatic rings. The van der Waals surface area contributed by atoms with Crippen molar-refractivity contribution in [3.05, 3.63) is 28.8 Å². The van der Waals surface area contributed by atoms with Crippen LogP contribution in [-0.4, -0.2) is 26.5 Å². The zero-order valence-electron chi connectivity index (χ0n) is 12.8. The molecule has 21 heavy (non-hydrogen) atoms. The fourth-order valence-corrected chi connectivity index (χ4v) is 2.75. The van der Waals surface area contributed by atoms with E-state index in [0.29, 0.717) is 5.82 Å². The summed E-state index contributed by atoms with van der Waals surface area (Å²) in [5.74, 6) is 1.43. The number of anilines is 1. The molecule has 0 saturated heterocycles. The molecular weight excluding hydrogens is 330 g/mol. The smallest absolute Gasteiger partial charge is 0.180 e. The Kier molecular flexibility index (Phi) is 4.88. The third-order valence-corrected chi connectivity index (χ3v) is 3.67. The summed E-state index contributed by atoms with van der Waals surface area (Å²) in [7, 11) is 0. The van der Waals surface area contributed by atoms with Crippen LogP contribution in [0, 0.1) is 0 Å². The molecule has 0 aliphatic heterocycles. The van der Waals surface area contributed by atoms with Gasteiger partial charge in [0.15, 0.2) is 5.82 Å². The van der Waals surface area contributed by atoms with Crippen molar-refractivity contribution in [3.63, 3.8) is 0 Å². The van der Waals surface area contributed by atoms with E-state index in [1.54, 1.807) is 6.20 Å². The van der Waals surface area contributed by atoms with E-state index >= 15 is 0 Å². The first-order chi connectivity index (χ1) is 9.93. The molecule has 0 spiro atoms. The van der Waals surface area contributed by atoms with Crippen LogP contribution < -0.4 is 5.32 Å². The van der Waals surface area contributed by atoms with Crippen LogP contribution in [0.4, 0.5) is 5.82 Å². The summed E-state index contributed by atoms with van der Waals surface area (Å²) in [5.41, 5.74) is 1.60. The largest absolute Gasteiger partial charge is 0.369 e. The molecule has 0 atom stereocenters. The van der Waals surface area contributed by atoms with Crippen molar-refractivity contribution in [2.24, 2.45) is 0 Å². The van der Waals surface area contributed by atoms with Crippen LogP contribution in [0.2, 0.25) is 0 Å². The van der Waals surface area contributed by atoms with Gasteiger partial charge in [-0.25, -0.2) is 19.9 Å². The number of nitrogens with one attached hydrogen (secondary N) is 1. The van der Waals surface area contributed by atoms with Gasteiger partial charge in [0.2, 0.25) is 0 Å². The summed E-state index contributed by atoms with van der Waals surface area (Å²) in [6, 6.07) is 1.82. The van der Waals surface area contributed by atoms with Crippen LogP contribution >= 0.6 is 15.9 Å². The fraction of sp³-hybridized carbons (Fsp3) is 0.467. The fourth-order valence-electron chi connectivity index (χ4n) is 1.84. The summed E-state index contributed by atoms with van der Waals surface area (Å²) < 4.78 is 0.918. The Morgan fingerprint density at radius 3 is 2.57 bits per heavy atom. The van der Waals surface area contributed by atoms with E-state index in [1.165, 1.54) is 6.33 Å². The molecule has 112 valence electrons. The zero-order valence-corrected chi connectivity index (χ0v) is 14.4. The molecule has 0 aliphatic carbocycles. The van der Waals surface area contributed by atoms with E-state index in [2.05, 4.69) is 63.9 Å². The lowest BCUT2D eigenvalue weighted by molar-refractivity contribution is 0.564. The number of halogens is 1. The van der Waals surface area contributed by atoms with Crippen molar-refractivity contribution < 1.29 is 0 Å². The van der Waals surface area contributed by atoms with Crippen molar-refractivity contribution in [1.82, 2.24) is 19.9 Å². The molecule has 5 nitrogen and oxygen atoms in total. The van der Waals surface area contributed by atoms with E-state index in [-0.39, 0.29) is 5.41 Å². The van der Waals surface area contributed by atoms with Crippen molar-refractivity contribution in [2.75, 3.05) is 11.9 Å². The van der Waals surface area contributed by atoms with Crippen LogP contribution in [0.5, 0.6) is 0 Å². The number of nitrogens with zero attached hydrogens (tertiary/aromatic N) is 4. The number of rotatable bonds is 4. The molecule has 0 bridgehead atoms. The molecule has 2 heterocycles. The zero-order chi connectivity index (χ0) is 15.5. The Labute approximate surface area is 133 Å². The van der Waals surface area contributed by atoms with Gasteiger partial charge in [-0.1, -0.05) is 27.7 Å². The van der Waals surface area contributed by atoms with Gasteiger partial charge in [0.1, 0.15) is 17.8 Å². The van der Waals surface area contributed by atoms with Gasteiger partial charge in [0.25, 0.3) is 0 Å². The second-order valence-electron chi connectivity index (χ2n) is 5.83. The minimum Gasteiger partial charge on any atom is -0.369 e. The van der Waals surface area contributed by atoms with E-state index in [1.807, 2.05) is 6.07 Å². The Morgan fingerprint density at radius 2 is 2.00 bits per heavy atom. The maximum absolute atomic E-state index is 4.69. The van der Waals surface area contributed by atoms with Crippen molar-refractivity contribution in [2.45, 2.75) is 39.5 Å². The minimum absolute atomic E-state index is 0.0911. The van der Waals surface area contributed by atoms with E-state index < -0.39 is 0 Å². The predicted octanol–water partition coefficient (Wildman–Crippen LogP) is 3.82. The van der Waals surface area contributed by atoms with Crippen LogP contribution in [0.3, 0.4) is 0 Å². The van der Waals surface area contributed by atoms with Crippen molar-refractivity contribution in [3.8, 4) is 11.5 Å². The monoisotopic (exact) mass is 349 g/mol. The Bertz CT molecular complexity index is 607. The van der Waals surface area contributed by atoms with Gasteiger partial charge in [0, 0.05) is 18.2 Å². The molecule has 0 aliphatic rings. The summed E-state index contributed by atoms with van der Waals surface area (Å²) in [4.78, 5) is 17.5. The third-order valence-electron chi connectivity index (χ3n) is 2.92. The highest BCUT2D eigenvalue weighted by molar-refractivity contribution is 9.10. The Morgan fingerprint density at radius 1 is 1.24 bits per heavy atom. The summed E-state index contributed by atoms with van der Waals surface area (Å²) in [6.45, 7) is 9.38. The number of aromatic nitrogens is 4. The molecule has 0 aromatic carbocycles. The van der Waals surface area contributed by atoms with Crippen molar-refractivity contribution >= 4 is 21.7 Å². The average molecular weight is 350 g/mol. The van der Waals surface area contributed by atoms with Crippen molar-refractivity contribution in [1.29, 1.82) is 0 Å². The molecular formula is C15H20BrN5. The van der Waals surface area contributed by atoms with Crippen LogP contribution in [-0.2, 0) is 5.41 Å². The predicted molar refractivity (Wildman–Crippen MR) is 88.2 cm³/mol. The van der Waals surface area contributed by atoms with E-state index in [4.69, 9.17) is 4.98 Å². The van der Waals surface area contributed by atoms with Gasteiger partial charge >= 0.3 is 0 Å². The number of hydrogen-bond donors (Lipinski definition) is 1. The molecule has 6 heteroatoms. The first-order valence-corrected chi connectivity index (χ1v) is 7.81. The maximum atomic E-state index is 4.69. The lowest BCUT2D eigenvalue weighted by Crippen LogP contribution is -2.18. The number of hydrogen-bond acceptors (Lipinski definition) is 5. The average Bonchev–Trinajstić information content (AvgIpc) is 2.46. The molecule has 2 rings (SSSR count). The summed E-state index contributed by atoms with van der Waals surface area (Å²) >= 11 is 3.63. The van der Waals surface area contributed by atoms with Gasteiger partial charge in [-0.3, -0.25) is 0 Å². The minimum atomic E-state index is -0.0911. The van der Waals surface area contributed by atoms with Crippen LogP contribution in [0.15, 0.2) is 23.1 Å². The Balaban J connectivity index is 2.56. The van der Waals surface area contributed by atoms with E-state index in [9.17, 15) is 0 Å². The molecule has 0 saturated carbocycles. The molecule has 0 fully saturated rings. The highest BCUT2D eigenvalue weighted by Gasteiger charge is 2.23. The standard InChI is InChI=1S/C15H20BrN5/c1-5-7-18-14-11(16)12(15(2,3)4)20-13(21-14)10-6-8-17-9-19-10/h6,8-9H,5,7H2,1-4H3,(H,18,20,21). The SMILES string of the molecule is CCCNc1nc(-c2ccncn2)nc(C(C)(C)C)c1Br. The first kappa shape index (κ1) is 15.8. The topological polar surface area (TPSA) is 63.6 Å². The second kappa shape index (κ2) is 6.47. The van der Waals surface area contributed by atoms with Gasteiger partial charge in [-0.15, -0.1) is 0 Å². The molecule has 2 aromatic heterocycles. The van der Waals surface area contributed by atoms with Gasteiger partial charge < -0.3 is 5.32 Å². The van der Waals surface area contributed by atoms with Gasteiger partial charge in [-0.2, -0.15) is 0 Å². The molecule has 1 N–H and O–H groups in total. The lowest BCUT2D eigenvalue weighted by Gasteiger charge is -2.22. The Hall–Kier alpha value is -1.56. The first-order valence-electron chi connectivity index (χ1n) is 7.01. The van der Waals surface area contributed by atoms with Gasteiger partial charge in [-0.05, 0) is 28.4 Å². The van der Waals surface area contributed by atoms with Crippen LogP contribution in [0.1, 0.15) is 39.8 Å². The van der Waals surface area contributed by atoms with Gasteiger partial charge in [0.05, 0.1) is 10.2 Å². The lowest BCUT2D eigenvalue weighted by atomic mass is 9.92. The summed E-state index contributed by atoms with van der Waals surface area (Å²) in [5, 5.41) is 3.34. The van der Waals surface area contributed by atoms with Crippen LogP contribution in [0.25, 0.3) is 11.5 Å². The maximum Gasteiger partial charge on any atom is 0.180 e. The molecule has 0 radical (unpaired) electrons. The highest BCUT2D eigenvalue weighted by Crippen LogP contribution is 2.34. The molecule has 0 unspecified atom stereocenters. The second-order valence-corrected chi connectivity index (χ2v) is 6.62. The highest BCUT2D eigenvalue weighted by atomic mass is 79.9. The normalized spacial score (nSPS) is 11.5. The third kappa shape index (κ3) is 3.75.